The van der Waals surface area contributed by atoms with E-state index in [9.17, 15) is 0 Å². The lowest BCUT2D eigenvalue weighted by Gasteiger charge is -2.36. The smallest absolute Gasteiger partial charge is 0.278 e. The maximum Gasteiger partial charge on any atom is 0.278 e. The Labute approximate surface area is 204 Å². The van der Waals surface area contributed by atoms with E-state index in [1.54, 1.807) is 0 Å². The van der Waals surface area contributed by atoms with Crippen molar-refractivity contribution in [2.75, 3.05) is 5.73 Å². The van der Waals surface area contributed by atoms with Crippen molar-refractivity contribution in [1.29, 1.82) is 0 Å². The molecule has 0 aliphatic heterocycles. The predicted octanol–water partition coefficient (Wildman–Crippen LogP) is 3.06. The summed E-state index contributed by atoms with van der Waals surface area (Å²) in [5.74, 6) is 0. The first-order valence-electron chi connectivity index (χ1n) is 11.4. The fraction of sp³-hybridized carbons (Fsp3) is 0. The predicted molar refractivity (Wildman–Crippen MR) is 147 cm³/mol. The van der Waals surface area contributed by atoms with Gasteiger partial charge < -0.3 is 9.85 Å². The topological polar surface area (TPSA) is 35.2 Å². The molecule has 5 rings (SSSR count). The Morgan fingerprint density at radius 3 is 1.32 bits per heavy atom. The maximum absolute atomic E-state index is 7.61. The Morgan fingerprint density at radius 2 is 0.882 bits per heavy atom. The van der Waals surface area contributed by atoms with Crippen molar-refractivity contribution < 1.29 is 4.12 Å². The molecule has 0 saturated carbocycles. The summed E-state index contributed by atoms with van der Waals surface area (Å²) in [5, 5.41) is 6.03. The van der Waals surface area contributed by atoms with Crippen LogP contribution >= 0.6 is 0 Å². The zero-order valence-corrected chi connectivity index (χ0v) is 20.8. The lowest BCUT2D eigenvalue weighted by atomic mass is 10.3. The lowest BCUT2D eigenvalue weighted by Crippen LogP contribution is -2.73. The van der Waals surface area contributed by atoms with Gasteiger partial charge in [0.15, 0.2) is 0 Å². The first-order valence-corrected chi connectivity index (χ1v) is 14.7. The molecule has 0 aliphatic carbocycles. The van der Waals surface area contributed by atoms with E-state index >= 15 is 0 Å². The molecule has 0 aliphatic rings. The minimum Gasteiger partial charge on any atom is -0.439 e. The minimum atomic E-state index is -2.92. The van der Waals surface area contributed by atoms with E-state index in [1.165, 1.54) is 20.7 Å². The Balaban J connectivity index is 1.80. The third-order valence-corrected chi connectivity index (χ3v) is 13.2. The molecule has 4 heteroatoms. The number of anilines is 1. The molecule has 5 aromatic rings. The number of rotatable bonds is 7. The molecule has 0 spiro atoms. The Hall–Kier alpha value is -3.71. The molecular weight excluding hydrogens is 447 g/mol. The van der Waals surface area contributed by atoms with Crippen LogP contribution in [0.4, 0.5) is 5.69 Å². The van der Waals surface area contributed by atoms with Crippen LogP contribution in [0.15, 0.2) is 146 Å². The minimum absolute atomic E-state index is 0.748. The molecule has 0 fully saturated rings. The first-order chi connectivity index (χ1) is 16.8. The molecule has 0 aromatic heterocycles. The van der Waals surface area contributed by atoms with Gasteiger partial charge in [-0.15, -0.1) is 0 Å². The van der Waals surface area contributed by atoms with Gasteiger partial charge in [0.05, 0.1) is 0 Å². The number of nitrogens with two attached hydrogens (primary N) is 1. The van der Waals surface area contributed by atoms with Crippen LogP contribution < -0.4 is 31.7 Å². The highest BCUT2D eigenvalue weighted by molar-refractivity contribution is 7.11. The molecule has 0 unspecified atom stereocenters. The highest BCUT2D eigenvalue weighted by Crippen LogP contribution is 2.14. The van der Waals surface area contributed by atoms with Crippen molar-refractivity contribution in [3.63, 3.8) is 0 Å². The van der Waals surface area contributed by atoms with Crippen molar-refractivity contribution in [3.8, 4) is 0 Å². The van der Waals surface area contributed by atoms with Crippen LogP contribution in [0.5, 0.6) is 0 Å². The van der Waals surface area contributed by atoms with E-state index in [-0.39, 0.29) is 0 Å². The summed E-state index contributed by atoms with van der Waals surface area (Å²) >= 11 is 0. The zero-order valence-electron chi connectivity index (χ0n) is 18.8. The number of nitrogen functional groups attached to an aromatic ring is 1. The molecule has 2 N–H and O–H groups in total. The average Bonchev–Trinajstić information content (AvgIpc) is 2.92. The van der Waals surface area contributed by atoms with Crippen molar-refractivity contribution in [1.82, 2.24) is 0 Å². The van der Waals surface area contributed by atoms with Crippen molar-refractivity contribution in [2.24, 2.45) is 0 Å². The number of hydrogen-bond acceptors (Lipinski definition) is 2. The molecule has 0 amide bonds. The molecule has 2 nitrogen and oxygen atoms in total. The molecule has 165 valence electrons. The van der Waals surface area contributed by atoms with Crippen LogP contribution in [-0.4, -0.2) is 17.4 Å². The van der Waals surface area contributed by atoms with Crippen LogP contribution in [-0.2, 0) is 4.12 Å². The van der Waals surface area contributed by atoms with Gasteiger partial charge in [0.1, 0.15) is 0 Å². The Kier molecular flexibility index (Phi) is 6.54. The first kappa shape index (κ1) is 22.1. The van der Waals surface area contributed by atoms with Crippen molar-refractivity contribution in [3.05, 3.63) is 146 Å². The number of benzene rings is 5. The van der Waals surface area contributed by atoms with Gasteiger partial charge in [0, 0.05) is 5.69 Å². The third kappa shape index (κ3) is 4.39. The molecule has 34 heavy (non-hydrogen) atoms. The molecular formula is C30H26NOSi2. The highest BCUT2D eigenvalue weighted by atomic mass is 28.4. The summed E-state index contributed by atoms with van der Waals surface area (Å²) in [4.78, 5) is 0. The largest absolute Gasteiger partial charge is 0.439 e. The second-order valence-corrected chi connectivity index (χ2v) is 13.9. The van der Waals surface area contributed by atoms with Crippen LogP contribution in [0.25, 0.3) is 0 Å². The second kappa shape index (κ2) is 10.1. The van der Waals surface area contributed by atoms with Gasteiger partial charge in [-0.1, -0.05) is 133 Å². The van der Waals surface area contributed by atoms with E-state index in [4.69, 9.17) is 9.85 Å². The van der Waals surface area contributed by atoms with E-state index in [0.29, 0.717) is 0 Å². The molecule has 0 heterocycles. The lowest BCUT2D eigenvalue weighted by molar-refractivity contribution is 0.616. The van der Waals surface area contributed by atoms with E-state index in [1.807, 2.05) is 12.1 Å². The van der Waals surface area contributed by atoms with Gasteiger partial charge in [-0.3, -0.25) is 0 Å². The van der Waals surface area contributed by atoms with E-state index in [0.717, 1.165) is 10.9 Å². The monoisotopic (exact) mass is 472 g/mol. The van der Waals surface area contributed by atoms with Gasteiger partial charge in [-0.25, -0.2) is 0 Å². The fourth-order valence-corrected chi connectivity index (χ4v) is 12.3. The third-order valence-electron chi connectivity index (χ3n) is 5.98. The van der Waals surface area contributed by atoms with Gasteiger partial charge >= 0.3 is 0 Å². The highest BCUT2D eigenvalue weighted by Gasteiger charge is 2.45. The summed E-state index contributed by atoms with van der Waals surface area (Å²) < 4.78 is 7.61. The standard InChI is InChI=1S/C30H26NOSi2/c31-25-14-13-23-30(24-25)34(28-19-9-3-10-20-28,29-21-11-4-12-22-29)32-33(26-15-5-1-6-16-26)27-17-7-2-8-18-27/h1-24H,31H2. The quantitative estimate of drug-likeness (QED) is 0.225. The maximum atomic E-state index is 7.61. The summed E-state index contributed by atoms with van der Waals surface area (Å²) in [7, 11) is -4.51. The molecule has 5 aromatic carbocycles. The van der Waals surface area contributed by atoms with Crippen molar-refractivity contribution >= 4 is 49.0 Å². The average molecular weight is 473 g/mol. The molecule has 0 saturated heterocycles. The van der Waals surface area contributed by atoms with Gasteiger partial charge in [-0.05, 0) is 38.1 Å². The van der Waals surface area contributed by atoms with Gasteiger partial charge in [-0.2, -0.15) is 0 Å². The Bertz CT molecular complexity index is 1250. The SMILES string of the molecule is Nc1cccc([Si](O[Si](c2ccccc2)c2ccccc2)(c2ccccc2)c2ccccc2)c1. The Morgan fingerprint density at radius 1 is 0.471 bits per heavy atom. The van der Waals surface area contributed by atoms with Crippen LogP contribution in [0.2, 0.25) is 0 Å². The molecule has 0 bridgehead atoms. The molecule has 1 radical (unpaired) electrons. The van der Waals surface area contributed by atoms with Gasteiger partial charge in [0.25, 0.3) is 17.4 Å². The van der Waals surface area contributed by atoms with Gasteiger partial charge in [0.2, 0.25) is 0 Å². The second-order valence-electron chi connectivity index (χ2n) is 8.20. The fourth-order valence-electron chi connectivity index (χ4n) is 4.40. The number of hydrogen-bond donors (Lipinski definition) is 1. The van der Waals surface area contributed by atoms with Crippen LogP contribution in [0.1, 0.15) is 0 Å². The van der Waals surface area contributed by atoms with E-state index < -0.39 is 17.4 Å². The molecule has 0 atom stereocenters. The normalized spacial score (nSPS) is 11.4. The summed E-state index contributed by atoms with van der Waals surface area (Å²) in [6.45, 7) is 0. The summed E-state index contributed by atoms with van der Waals surface area (Å²) in [5.41, 5.74) is 7.09. The van der Waals surface area contributed by atoms with E-state index in [2.05, 4.69) is 133 Å². The van der Waals surface area contributed by atoms with Crippen LogP contribution in [0, 0.1) is 0 Å². The van der Waals surface area contributed by atoms with Crippen LogP contribution in [0.3, 0.4) is 0 Å². The summed E-state index contributed by atoms with van der Waals surface area (Å²) in [6.07, 6.45) is 0. The summed E-state index contributed by atoms with van der Waals surface area (Å²) in [6, 6.07) is 50.9. The van der Waals surface area contributed by atoms with Crippen molar-refractivity contribution in [2.45, 2.75) is 0 Å². The zero-order chi connectivity index (χ0) is 23.2.